The van der Waals surface area contributed by atoms with Crippen molar-refractivity contribution in [3.63, 3.8) is 0 Å². The highest BCUT2D eigenvalue weighted by molar-refractivity contribution is 5.54. The van der Waals surface area contributed by atoms with Crippen molar-refractivity contribution < 1.29 is 4.92 Å². The first-order chi connectivity index (χ1) is 9.58. The van der Waals surface area contributed by atoms with Crippen molar-refractivity contribution in [2.45, 2.75) is 26.8 Å². The number of rotatable bonds is 6. The van der Waals surface area contributed by atoms with Crippen LogP contribution in [0.25, 0.3) is 0 Å². The van der Waals surface area contributed by atoms with E-state index in [0.29, 0.717) is 12.4 Å². The molecule has 0 aromatic carbocycles. The maximum absolute atomic E-state index is 10.8. The molecule has 0 aliphatic rings. The summed E-state index contributed by atoms with van der Waals surface area (Å²) in [5.41, 5.74) is 2.11. The molecule has 2 aromatic rings. The molecule has 0 unspecified atom stereocenters. The Kier molecular flexibility index (Phi) is 4.29. The quantitative estimate of drug-likeness (QED) is 0.496. The largest absolute Gasteiger partial charge is 0.364 e. The van der Waals surface area contributed by atoms with Crippen LogP contribution in [0.1, 0.15) is 17.8 Å². The minimum absolute atomic E-state index is 0.00128. The number of aryl methyl sites for hydroxylation is 3. The number of hydrogen-bond acceptors (Lipinski definition) is 5. The van der Waals surface area contributed by atoms with E-state index in [-0.39, 0.29) is 5.69 Å². The zero-order chi connectivity index (χ0) is 14.5. The van der Waals surface area contributed by atoms with Crippen LogP contribution in [-0.2, 0) is 6.54 Å². The van der Waals surface area contributed by atoms with Gasteiger partial charge < -0.3 is 5.32 Å². The van der Waals surface area contributed by atoms with Crippen molar-refractivity contribution in [1.29, 1.82) is 0 Å². The van der Waals surface area contributed by atoms with Gasteiger partial charge in [-0.05, 0) is 32.4 Å². The minimum Gasteiger partial charge on any atom is -0.364 e. The Morgan fingerprint density at radius 2 is 2.25 bits per heavy atom. The molecule has 0 amide bonds. The van der Waals surface area contributed by atoms with Gasteiger partial charge in [0.25, 0.3) is 0 Å². The van der Waals surface area contributed by atoms with Crippen molar-refractivity contribution in [1.82, 2.24) is 14.8 Å². The van der Waals surface area contributed by atoms with Gasteiger partial charge in [-0.2, -0.15) is 5.10 Å². The van der Waals surface area contributed by atoms with Crippen molar-refractivity contribution >= 4 is 11.5 Å². The average molecular weight is 275 g/mol. The fourth-order valence-electron chi connectivity index (χ4n) is 2.02. The van der Waals surface area contributed by atoms with Crippen LogP contribution in [0.4, 0.5) is 11.5 Å². The second-order valence-corrected chi connectivity index (χ2v) is 4.56. The molecule has 2 aromatic heterocycles. The summed E-state index contributed by atoms with van der Waals surface area (Å²) in [5.74, 6) is 0.311. The fourth-order valence-corrected chi connectivity index (χ4v) is 2.02. The number of anilines is 1. The Labute approximate surface area is 116 Å². The summed E-state index contributed by atoms with van der Waals surface area (Å²) in [4.78, 5) is 14.4. The second kappa shape index (κ2) is 6.14. The monoisotopic (exact) mass is 275 g/mol. The fraction of sp³-hybridized carbons (Fsp3) is 0.385. The maximum atomic E-state index is 10.8. The number of nitrogens with one attached hydrogen (secondary N) is 1. The van der Waals surface area contributed by atoms with Crippen LogP contribution in [-0.4, -0.2) is 26.2 Å². The van der Waals surface area contributed by atoms with Crippen LogP contribution in [0.2, 0.25) is 0 Å². The lowest BCUT2D eigenvalue weighted by Crippen LogP contribution is -2.10. The van der Waals surface area contributed by atoms with E-state index >= 15 is 0 Å². The summed E-state index contributed by atoms with van der Waals surface area (Å²) >= 11 is 0. The van der Waals surface area contributed by atoms with E-state index in [9.17, 15) is 10.1 Å². The molecule has 2 heterocycles. The second-order valence-electron chi connectivity index (χ2n) is 4.56. The van der Waals surface area contributed by atoms with Crippen molar-refractivity contribution in [3.05, 3.63) is 45.9 Å². The van der Waals surface area contributed by atoms with Gasteiger partial charge in [0.1, 0.15) is 0 Å². The summed E-state index contributed by atoms with van der Waals surface area (Å²) in [6.45, 7) is 5.35. The molecule has 0 saturated carbocycles. The lowest BCUT2D eigenvalue weighted by atomic mass is 10.3. The molecule has 1 N–H and O–H groups in total. The summed E-state index contributed by atoms with van der Waals surface area (Å²) in [7, 11) is 0. The third-order valence-electron chi connectivity index (χ3n) is 2.93. The lowest BCUT2D eigenvalue weighted by Gasteiger charge is -2.07. The predicted octanol–water partition coefficient (Wildman–Crippen LogP) is 2.31. The van der Waals surface area contributed by atoms with Gasteiger partial charge in [0.05, 0.1) is 10.6 Å². The van der Waals surface area contributed by atoms with Crippen molar-refractivity contribution in [2.75, 3.05) is 11.9 Å². The highest BCUT2D eigenvalue weighted by Crippen LogP contribution is 2.19. The maximum Gasteiger partial charge on any atom is 0.311 e. The van der Waals surface area contributed by atoms with Crippen LogP contribution < -0.4 is 5.32 Å². The topological polar surface area (TPSA) is 85.9 Å². The number of nitrogens with zero attached hydrogens (tertiary/aromatic N) is 4. The molecular formula is C13H17N5O2. The zero-order valence-electron chi connectivity index (χ0n) is 11.5. The molecule has 0 aliphatic carbocycles. The summed E-state index contributed by atoms with van der Waals surface area (Å²) in [6, 6.07) is 5.02. The molecule has 7 heteroatoms. The Hall–Kier alpha value is -2.44. The smallest absolute Gasteiger partial charge is 0.311 e. The van der Waals surface area contributed by atoms with Gasteiger partial charge in [-0.15, -0.1) is 0 Å². The first kappa shape index (κ1) is 14.0. The molecule has 106 valence electrons. The predicted molar refractivity (Wildman–Crippen MR) is 75.7 cm³/mol. The van der Waals surface area contributed by atoms with Gasteiger partial charge in [0.2, 0.25) is 5.82 Å². The van der Waals surface area contributed by atoms with E-state index in [1.165, 1.54) is 12.3 Å². The molecule has 0 bridgehead atoms. The molecule has 2 rings (SSSR count). The van der Waals surface area contributed by atoms with Gasteiger partial charge in [-0.25, -0.2) is 4.98 Å². The first-order valence-corrected chi connectivity index (χ1v) is 6.42. The number of pyridine rings is 1. The molecule has 0 radical (unpaired) electrons. The molecule has 0 aliphatic heterocycles. The molecule has 0 spiro atoms. The summed E-state index contributed by atoms with van der Waals surface area (Å²) in [5, 5.41) is 18.2. The first-order valence-electron chi connectivity index (χ1n) is 6.42. The van der Waals surface area contributed by atoms with Gasteiger partial charge >= 0.3 is 5.69 Å². The standard InChI is InChI=1S/C13H17N5O2/c1-10-9-11(2)17(16-10)8-4-7-15-13-12(18(19)20)5-3-6-14-13/h3,5-6,9H,4,7-8H2,1-2H3,(H,14,15). The highest BCUT2D eigenvalue weighted by atomic mass is 16.6. The Morgan fingerprint density at radius 3 is 2.90 bits per heavy atom. The summed E-state index contributed by atoms with van der Waals surface area (Å²) < 4.78 is 1.93. The molecular weight excluding hydrogens is 258 g/mol. The van der Waals surface area contributed by atoms with Crippen molar-refractivity contribution in [3.8, 4) is 0 Å². The van der Waals surface area contributed by atoms with Gasteiger partial charge in [0.15, 0.2) is 0 Å². The molecule has 20 heavy (non-hydrogen) atoms. The van der Waals surface area contributed by atoms with Crippen LogP contribution in [0.3, 0.4) is 0 Å². The van der Waals surface area contributed by atoms with Crippen LogP contribution >= 0.6 is 0 Å². The highest BCUT2D eigenvalue weighted by Gasteiger charge is 2.13. The molecule has 0 fully saturated rings. The average Bonchev–Trinajstić information content (AvgIpc) is 2.73. The van der Waals surface area contributed by atoms with E-state index in [1.807, 2.05) is 24.6 Å². The molecule has 0 saturated heterocycles. The van der Waals surface area contributed by atoms with Crippen LogP contribution in [0.15, 0.2) is 24.4 Å². The van der Waals surface area contributed by atoms with E-state index in [4.69, 9.17) is 0 Å². The van der Waals surface area contributed by atoms with Crippen LogP contribution in [0.5, 0.6) is 0 Å². The Balaban J connectivity index is 1.88. The lowest BCUT2D eigenvalue weighted by molar-refractivity contribution is -0.384. The van der Waals surface area contributed by atoms with Gasteiger partial charge in [0, 0.05) is 31.0 Å². The number of hydrogen-bond donors (Lipinski definition) is 1. The Bertz CT molecular complexity index is 609. The normalized spacial score (nSPS) is 10.5. The minimum atomic E-state index is -0.434. The van der Waals surface area contributed by atoms with Gasteiger partial charge in [-0.3, -0.25) is 14.8 Å². The number of aromatic nitrogens is 3. The van der Waals surface area contributed by atoms with E-state index in [1.54, 1.807) is 6.07 Å². The third-order valence-corrected chi connectivity index (χ3v) is 2.93. The molecule has 7 nitrogen and oxygen atoms in total. The molecule has 0 atom stereocenters. The SMILES string of the molecule is Cc1cc(C)n(CCCNc2ncccc2[N+](=O)[O-])n1. The van der Waals surface area contributed by atoms with E-state index < -0.39 is 4.92 Å². The van der Waals surface area contributed by atoms with E-state index in [0.717, 1.165) is 24.4 Å². The van der Waals surface area contributed by atoms with E-state index in [2.05, 4.69) is 15.4 Å². The zero-order valence-corrected chi connectivity index (χ0v) is 11.5. The van der Waals surface area contributed by atoms with Crippen molar-refractivity contribution in [2.24, 2.45) is 0 Å². The van der Waals surface area contributed by atoms with Crippen LogP contribution in [0, 0.1) is 24.0 Å². The number of nitro groups is 1. The van der Waals surface area contributed by atoms with Gasteiger partial charge in [-0.1, -0.05) is 0 Å². The summed E-state index contributed by atoms with van der Waals surface area (Å²) in [6.07, 6.45) is 2.35. The third kappa shape index (κ3) is 3.31. The Morgan fingerprint density at radius 1 is 1.45 bits per heavy atom.